The molecule has 2 saturated carbocycles. The predicted molar refractivity (Wildman–Crippen MR) is 128 cm³/mol. The summed E-state index contributed by atoms with van der Waals surface area (Å²) in [7, 11) is 1.67. The number of thiazole rings is 1. The first-order chi connectivity index (χ1) is 15.6. The number of guanidine groups is 2. The van der Waals surface area contributed by atoms with Crippen molar-refractivity contribution in [2.75, 3.05) is 25.5 Å². The second-order valence-electron chi connectivity index (χ2n) is 9.42. The Hall–Kier alpha value is -2.43. The molecule has 4 aliphatic rings. The van der Waals surface area contributed by atoms with Crippen LogP contribution in [0.3, 0.4) is 0 Å². The number of aliphatic imine (C=N–C) groups is 2. The molecule has 2 bridgehead atoms. The van der Waals surface area contributed by atoms with Crippen molar-refractivity contribution in [3.8, 4) is 5.75 Å². The Balaban J connectivity index is 1.30. The standard InChI is InChI=1S/C22H30N8OS/c1-31-15-4-5-17-18(10-15)32-21(26-17)28-20-27-19(25-14-6-7-24-11-14)29-22(23,30-20)16-9-12-2-3-13(16)8-12/h4-5,10,12-14,16,24H,2-3,6-9,11,23H2,1H3,(H3,25,26,27,28,29,30). The van der Waals surface area contributed by atoms with E-state index in [4.69, 9.17) is 25.4 Å². The first kappa shape index (κ1) is 20.2. The molecule has 170 valence electrons. The molecule has 2 aromatic rings. The van der Waals surface area contributed by atoms with Crippen LogP contribution in [0.4, 0.5) is 5.13 Å². The van der Waals surface area contributed by atoms with Crippen LogP contribution in [0.25, 0.3) is 10.2 Å². The summed E-state index contributed by atoms with van der Waals surface area (Å²) in [6, 6.07) is 6.13. The molecule has 0 amide bonds. The maximum absolute atomic E-state index is 6.96. The van der Waals surface area contributed by atoms with E-state index in [1.54, 1.807) is 18.4 Å². The van der Waals surface area contributed by atoms with Crippen LogP contribution in [0.5, 0.6) is 5.75 Å². The van der Waals surface area contributed by atoms with Crippen LogP contribution in [0.1, 0.15) is 32.1 Å². The topological polar surface area (TPSA) is 121 Å². The fourth-order valence-electron chi connectivity index (χ4n) is 5.78. The van der Waals surface area contributed by atoms with Gasteiger partial charge in [-0.2, -0.15) is 0 Å². The predicted octanol–water partition coefficient (Wildman–Crippen LogP) is 2.03. The number of rotatable bonds is 4. The van der Waals surface area contributed by atoms with Crippen molar-refractivity contribution in [3.63, 3.8) is 0 Å². The van der Waals surface area contributed by atoms with E-state index in [0.717, 1.165) is 52.9 Å². The summed E-state index contributed by atoms with van der Waals surface area (Å²) in [4.78, 5) is 14.6. The summed E-state index contributed by atoms with van der Waals surface area (Å²) in [6.07, 6.45) is 6.01. The minimum absolute atomic E-state index is 0.239. The molecule has 1 aromatic carbocycles. The van der Waals surface area contributed by atoms with Gasteiger partial charge in [-0.1, -0.05) is 17.8 Å². The number of benzene rings is 1. The second-order valence-corrected chi connectivity index (χ2v) is 10.4. The average Bonchev–Trinajstić information content (AvgIpc) is 3.57. The van der Waals surface area contributed by atoms with Gasteiger partial charge < -0.3 is 20.7 Å². The monoisotopic (exact) mass is 454 g/mol. The van der Waals surface area contributed by atoms with E-state index >= 15 is 0 Å². The Kier molecular flexibility index (Phi) is 4.96. The van der Waals surface area contributed by atoms with E-state index in [0.29, 0.717) is 23.8 Å². The first-order valence-corrected chi connectivity index (χ1v) is 12.3. The number of anilines is 1. The van der Waals surface area contributed by atoms with Crippen molar-refractivity contribution in [1.82, 2.24) is 20.9 Å². The van der Waals surface area contributed by atoms with Gasteiger partial charge in [-0.15, -0.1) is 0 Å². The molecule has 9 nitrogen and oxygen atoms in total. The molecular formula is C22H30N8OS. The number of fused-ring (bicyclic) bond motifs is 3. The van der Waals surface area contributed by atoms with Crippen molar-refractivity contribution >= 4 is 38.6 Å². The lowest BCUT2D eigenvalue weighted by molar-refractivity contribution is 0.174. The summed E-state index contributed by atoms with van der Waals surface area (Å²) in [6.45, 7) is 1.88. The third kappa shape index (κ3) is 3.70. The normalized spacial score (nSPS) is 35.1. The molecule has 32 heavy (non-hydrogen) atoms. The van der Waals surface area contributed by atoms with Crippen LogP contribution in [-0.4, -0.2) is 48.9 Å². The molecule has 6 rings (SSSR count). The Morgan fingerprint density at radius 3 is 2.97 bits per heavy atom. The number of aromatic nitrogens is 1. The Labute approximate surface area is 191 Å². The molecule has 2 aliphatic carbocycles. The second kappa shape index (κ2) is 7.86. The highest BCUT2D eigenvalue weighted by molar-refractivity contribution is 7.22. The van der Waals surface area contributed by atoms with Crippen molar-refractivity contribution < 1.29 is 4.74 Å². The molecule has 0 spiro atoms. The van der Waals surface area contributed by atoms with Gasteiger partial charge in [0, 0.05) is 12.5 Å². The van der Waals surface area contributed by atoms with Gasteiger partial charge in [-0.05, 0) is 62.3 Å². The maximum Gasteiger partial charge on any atom is 0.207 e. The molecule has 5 atom stereocenters. The number of hydrogen-bond acceptors (Lipinski definition) is 8. The van der Waals surface area contributed by atoms with Gasteiger partial charge in [0.25, 0.3) is 0 Å². The number of methoxy groups -OCH3 is 1. The largest absolute Gasteiger partial charge is 0.497 e. The molecule has 1 saturated heterocycles. The van der Waals surface area contributed by atoms with Crippen LogP contribution in [0.15, 0.2) is 28.2 Å². The van der Waals surface area contributed by atoms with Crippen LogP contribution in [0, 0.1) is 17.8 Å². The summed E-state index contributed by atoms with van der Waals surface area (Å²) in [5.74, 6) is 2.98. The third-order valence-electron chi connectivity index (χ3n) is 7.32. The van der Waals surface area contributed by atoms with Crippen molar-refractivity contribution in [2.45, 2.75) is 43.9 Å². The fraction of sp³-hybridized carbons (Fsp3) is 0.591. The minimum atomic E-state index is -0.863. The average molecular weight is 455 g/mol. The molecule has 1 aromatic heterocycles. The number of nitrogens with one attached hydrogen (secondary N) is 4. The molecular weight excluding hydrogens is 424 g/mol. The lowest BCUT2D eigenvalue weighted by Gasteiger charge is -2.41. The molecule has 6 N–H and O–H groups in total. The van der Waals surface area contributed by atoms with E-state index in [2.05, 4.69) is 21.3 Å². The van der Waals surface area contributed by atoms with Gasteiger partial charge in [-0.25, -0.2) is 15.0 Å². The molecule has 2 aliphatic heterocycles. The van der Waals surface area contributed by atoms with Gasteiger partial charge in [0.15, 0.2) is 10.9 Å². The molecule has 3 fully saturated rings. The molecule has 5 unspecified atom stereocenters. The highest BCUT2D eigenvalue weighted by Gasteiger charge is 2.51. The van der Waals surface area contributed by atoms with E-state index in [1.165, 1.54) is 19.3 Å². The Bertz CT molecular complexity index is 1080. The zero-order chi connectivity index (χ0) is 21.7. The van der Waals surface area contributed by atoms with Crippen LogP contribution < -0.4 is 31.7 Å². The molecule has 10 heteroatoms. The van der Waals surface area contributed by atoms with Gasteiger partial charge in [0.1, 0.15) is 5.75 Å². The van der Waals surface area contributed by atoms with Gasteiger partial charge >= 0.3 is 0 Å². The first-order valence-electron chi connectivity index (χ1n) is 11.5. The highest BCUT2D eigenvalue weighted by Crippen LogP contribution is 2.51. The Morgan fingerprint density at radius 1 is 1.28 bits per heavy atom. The highest BCUT2D eigenvalue weighted by atomic mass is 32.1. The summed E-state index contributed by atoms with van der Waals surface area (Å²) >= 11 is 1.56. The lowest BCUT2D eigenvalue weighted by atomic mass is 9.83. The van der Waals surface area contributed by atoms with E-state index in [1.807, 2.05) is 18.2 Å². The van der Waals surface area contributed by atoms with Crippen LogP contribution in [0.2, 0.25) is 0 Å². The third-order valence-corrected chi connectivity index (χ3v) is 8.26. The number of hydrogen-bond donors (Lipinski definition) is 5. The van der Waals surface area contributed by atoms with Crippen molar-refractivity contribution in [2.24, 2.45) is 33.5 Å². The quantitative estimate of drug-likeness (QED) is 0.479. The number of ether oxygens (including phenoxy) is 1. The zero-order valence-corrected chi connectivity index (χ0v) is 19.0. The zero-order valence-electron chi connectivity index (χ0n) is 18.2. The summed E-state index contributed by atoms with van der Waals surface area (Å²) in [5, 5.41) is 14.3. The van der Waals surface area contributed by atoms with E-state index in [9.17, 15) is 0 Å². The lowest BCUT2D eigenvalue weighted by Crippen LogP contribution is -2.68. The van der Waals surface area contributed by atoms with Gasteiger partial charge in [-0.3, -0.25) is 11.1 Å². The maximum atomic E-state index is 6.96. The molecule has 3 heterocycles. The van der Waals surface area contributed by atoms with Crippen LogP contribution >= 0.6 is 11.3 Å². The minimum Gasteiger partial charge on any atom is -0.497 e. The van der Waals surface area contributed by atoms with E-state index in [-0.39, 0.29) is 6.04 Å². The number of nitrogens with zero attached hydrogens (tertiary/aromatic N) is 3. The van der Waals surface area contributed by atoms with E-state index < -0.39 is 5.79 Å². The Morgan fingerprint density at radius 2 is 2.22 bits per heavy atom. The van der Waals surface area contributed by atoms with Gasteiger partial charge in [0.05, 0.1) is 23.4 Å². The van der Waals surface area contributed by atoms with Crippen molar-refractivity contribution in [3.05, 3.63) is 18.2 Å². The van der Waals surface area contributed by atoms with Gasteiger partial charge in [0.2, 0.25) is 11.9 Å². The summed E-state index contributed by atoms with van der Waals surface area (Å²) < 4.78 is 6.40. The molecule has 0 radical (unpaired) electrons. The van der Waals surface area contributed by atoms with Crippen LogP contribution in [-0.2, 0) is 0 Å². The fourth-order valence-corrected chi connectivity index (χ4v) is 6.67. The smallest absolute Gasteiger partial charge is 0.207 e. The number of nitrogens with two attached hydrogens (primary N) is 1. The summed E-state index contributed by atoms with van der Waals surface area (Å²) in [5.41, 5.74) is 7.89. The van der Waals surface area contributed by atoms with Crippen molar-refractivity contribution in [1.29, 1.82) is 0 Å². The SMILES string of the molecule is COc1ccc2nc(NC3=NC(N)(C4CC5CCC4C5)NC(=NC4CCNC4)N3)sc2c1.